The molecule has 4 nitrogen and oxygen atoms in total. The van der Waals surface area contributed by atoms with Gasteiger partial charge in [0.1, 0.15) is 5.82 Å². The summed E-state index contributed by atoms with van der Waals surface area (Å²) in [6.07, 6.45) is 0. The van der Waals surface area contributed by atoms with Crippen molar-refractivity contribution in [2.75, 3.05) is 6.54 Å². The van der Waals surface area contributed by atoms with E-state index in [-0.39, 0.29) is 5.56 Å². The van der Waals surface area contributed by atoms with Gasteiger partial charge in [0.15, 0.2) is 0 Å². The summed E-state index contributed by atoms with van der Waals surface area (Å²) in [5, 5.41) is 3.88. The van der Waals surface area contributed by atoms with Crippen molar-refractivity contribution in [1.29, 1.82) is 0 Å². The van der Waals surface area contributed by atoms with E-state index in [0.717, 1.165) is 23.6 Å². The second-order valence-electron chi connectivity index (χ2n) is 4.80. The number of hydrogen-bond donors (Lipinski definition) is 1. The van der Waals surface area contributed by atoms with Crippen LogP contribution in [0, 0.1) is 0 Å². The lowest BCUT2D eigenvalue weighted by atomic mass is 10.2. The van der Waals surface area contributed by atoms with Crippen LogP contribution in [0.5, 0.6) is 0 Å². The molecule has 0 fully saturated rings. The molecule has 3 rings (SSSR count). The fourth-order valence-corrected chi connectivity index (χ4v) is 2.38. The first-order valence-corrected chi connectivity index (χ1v) is 7.08. The number of aromatic nitrogens is 2. The van der Waals surface area contributed by atoms with E-state index >= 15 is 0 Å². The number of rotatable bonds is 4. The number of nitrogens with one attached hydrogen (secondary N) is 1. The largest absolute Gasteiger partial charge is 0.310 e. The molecule has 21 heavy (non-hydrogen) atoms. The highest BCUT2D eigenvalue weighted by Gasteiger charge is 2.11. The van der Waals surface area contributed by atoms with Crippen molar-refractivity contribution in [2.24, 2.45) is 0 Å². The van der Waals surface area contributed by atoms with E-state index < -0.39 is 0 Å². The Morgan fingerprint density at radius 1 is 1.05 bits per heavy atom. The van der Waals surface area contributed by atoms with Gasteiger partial charge in [0.2, 0.25) is 0 Å². The predicted molar refractivity (Wildman–Crippen MR) is 84.7 cm³/mol. The van der Waals surface area contributed by atoms with E-state index in [4.69, 9.17) is 0 Å². The normalized spacial score (nSPS) is 10.9. The van der Waals surface area contributed by atoms with E-state index in [9.17, 15) is 4.79 Å². The van der Waals surface area contributed by atoms with E-state index in [2.05, 4.69) is 10.3 Å². The summed E-state index contributed by atoms with van der Waals surface area (Å²) in [6, 6.07) is 17.1. The molecule has 1 aromatic heterocycles. The topological polar surface area (TPSA) is 46.9 Å². The maximum atomic E-state index is 12.8. The molecule has 0 bridgehead atoms. The first kappa shape index (κ1) is 13.5. The van der Waals surface area contributed by atoms with Crippen LogP contribution in [0.25, 0.3) is 16.6 Å². The summed E-state index contributed by atoms with van der Waals surface area (Å²) < 4.78 is 1.69. The van der Waals surface area contributed by atoms with Gasteiger partial charge in [-0.25, -0.2) is 4.98 Å². The number of para-hydroxylation sites is 2. The van der Waals surface area contributed by atoms with E-state index in [1.54, 1.807) is 4.57 Å². The fourth-order valence-electron chi connectivity index (χ4n) is 2.38. The third-order valence-corrected chi connectivity index (χ3v) is 3.39. The standard InChI is InChI=1S/C17H17N3O/c1-2-18-12-16-19-15-11-7-6-10-14(15)17(21)20(16)13-8-4-3-5-9-13/h3-11,18H,2,12H2,1H3. The van der Waals surface area contributed by atoms with Crippen LogP contribution in [0.2, 0.25) is 0 Å². The zero-order chi connectivity index (χ0) is 14.7. The van der Waals surface area contributed by atoms with Crippen LogP contribution in [0.4, 0.5) is 0 Å². The number of fused-ring (bicyclic) bond motifs is 1. The van der Waals surface area contributed by atoms with Crippen LogP contribution in [0.3, 0.4) is 0 Å². The molecule has 0 spiro atoms. The minimum atomic E-state index is -0.0281. The SMILES string of the molecule is CCNCc1nc2ccccc2c(=O)n1-c1ccccc1. The highest BCUT2D eigenvalue weighted by atomic mass is 16.1. The summed E-state index contributed by atoms with van der Waals surface area (Å²) >= 11 is 0. The maximum absolute atomic E-state index is 12.8. The Morgan fingerprint density at radius 3 is 2.52 bits per heavy atom. The lowest BCUT2D eigenvalue weighted by molar-refractivity contribution is 0.667. The fraction of sp³-hybridized carbons (Fsp3) is 0.176. The lowest BCUT2D eigenvalue weighted by Gasteiger charge is -2.13. The van der Waals surface area contributed by atoms with Gasteiger partial charge < -0.3 is 5.32 Å². The molecule has 0 unspecified atom stereocenters. The highest BCUT2D eigenvalue weighted by molar-refractivity contribution is 5.77. The van der Waals surface area contributed by atoms with Gasteiger partial charge in [0.25, 0.3) is 5.56 Å². The van der Waals surface area contributed by atoms with Gasteiger partial charge >= 0.3 is 0 Å². The molecule has 4 heteroatoms. The lowest BCUT2D eigenvalue weighted by Crippen LogP contribution is -2.27. The molecule has 0 radical (unpaired) electrons. The van der Waals surface area contributed by atoms with Gasteiger partial charge in [0, 0.05) is 0 Å². The monoisotopic (exact) mass is 279 g/mol. The molecular formula is C17H17N3O. The minimum absolute atomic E-state index is 0.0281. The highest BCUT2D eigenvalue weighted by Crippen LogP contribution is 2.12. The first-order chi connectivity index (χ1) is 10.3. The second-order valence-corrected chi connectivity index (χ2v) is 4.80. The summed E-state index contributed by atoms with van der Waals surface area (Å²) in [5.41, 5.74) is 1.55. The predicted octanol–water partition coefficient (Wildman–Crippen LogP) is 2.50. The molecule has 0 amide bonds. The van der Waals surface area contributed by atoms with E-state index in [1.165, 1.54) is 0 Å². The molecule has 0 saturated carbocycles. The third kappa shape index (κ3) is 2.58. The Bertz CT molecular complexity index is 809. The summed E-state index contributed by atoms with van der Waals surface area (Å²) in [7, 11) is 0. The summed E-state index contributed by atoms with van der Waals surface area (Å²) in [4.78, 5) is 17.5. The van der Waals surface area contributed by atoms with Crippen molar-refractivity contribution in [3.8, 4) is 5.69 Å². The Kier molecular flexibility index (Phi) is 3.79. The van der Waals surface area contributed by atoms with Crippen molar-refractivity contribution in [3.63, 3.8) is 0 Å². The molecule has 1 heterocycles. The molecule has 1 N–H and O–H groups in total. The van der Waals surface area contributed by atoms with Gasteiger partial charge in [-0.05, 0) is 30.8 Å². The molecule has 3 aromatic rings. The van der Waals surface area contributed by atoms with Crippen LogP contribution < -0.4 is 10.9 Å². The molecule has 2 aromatic carbocycles. The quantitative estimate of drug-likeness (QED) is 0.798. The number of nitrogens with zero attached hydrogens (tertiary/aromatic N) is 2. The molecule has 0 aliphatic carbocycles. The number of hydrogen-bond acceptors (Lipinski definition) is 3. The van der Waals surface area contributed by atoms with Crippen molar-refractivity contribution in [1.82, 2.24) is 14.9 Å². The molecule has 0 saturated heterocycles. The smallest absolute Gasteiger partial charge is 0.266 e. The van der Waals surface area contributed by atoms with Crippen LogP contribution in [-0.4, -0.2) is 16.1 Å². The molecule has 0 atom stereocenters. The van der Waals surface area contributed by atoms with Crippen molar-refractivity contribution in [3.05, 3.63) is 70.8 Å². The van der Waals surface area contributed by atoms with Crippen molar-refractivity contribution in [2.45, 2.75) is 13.5 Å². The third-order valence-electron chi connectivity index (χ3n) is 3.39. The maximum Gasteiger partial charge on any atom is 0.266 e. The Balaban J connectivity index is 2.29. The molecule has 0 aliphatic heterocycles. The zero-order valence-corrected chi connectivity index (χ0v) is 11.9. The Morgan fingerprint density at radius 2 is 1.76 bits per heavy atom. The van der Waals surface area contributed by atoms with Gasteiger partial charge in [-0.3, -0.25) is 9.36 Å². The van der Waals surface area contributed by atoms with Crippen LogP contribution in [0.15, 0.2) is 59.4 Å². The van der Waals surface area contributed by atoms with Gasteiger partial charge in [0.05, 0.1) is 23.1 Å². The molecule has 0 aliphatic rings. The first-order valence-electron chi connectivity index (χ1n) is 7.08. The molecular weight excluding hydrogens is 262 g/mol. The van der Waals surface area contributed by atoms with Crippen LogP contribution in [0.1, 0.15) is 12.7 Å². The number of benzene rings is 2. The average Bonchev–Trinajstić information content (AvgIpc) is 2.54. The Hall–Kier alpha value is -2.46. The van der Waals surface area contributed by atoms with E-state index in [1.807, 2.05) is 61.5 Å². The Labute approximate surface area is 123 Å². The van der Waals surface area contributed by atoms with Crippen molar-refractivity contribution >= 4 is 10.9 Å². The zero-order valence-electron chi connectivity index (χ0n) is 11.9. The van der Waals surface area contributed by atoms with E-state index in [0.29, 0.717) is 11.9 Å². The molecule has 106 valence electrons. The van der Waals surface area contributed by atoms with Gasteiger partial charge in [-0.1, -0.05) is 37.3 Å². The average molecular weight is 279 g/mol. The van der Waals surface area contributed by atoms with Crippen LogP contribution >= 0.6 is 0 Å². The minimum Gasteiger partial charge on any atom is -0.310 e. The van der Waals surface area contributed by atoms with Gasteiger partial charge in [-0.15, -0.1) is 0 Å². The second kappa shape index (κ2) is 5.89. The van der Waals surface area contributed by atoms with Gasteiger partial charge in [-0.2, -0.15) is 0 Å². The van der Waals surface area contributed by atoms with Crippen molar-refractivity contribution < 1.29 is 0 Å². The van der Waals surface area contributed by atoms with Crippen LogP contribution in [-0.2, 0) is 6.54 Å². The summed E-state index contributed by atoms with van der Waals surface area (Å²) in [6.45, 7) is 3.43. The summed E-state index contributed by atoms with van der Waals surface area (Å²) in [5.74, 6) is 0.728.